The first-order valence-electron chi connectivity index (χ1n) is 6.04. The molecule has 3 nitrogen and oxygen atoms in total. The van der Waals surface area contributed by atoms with E-state index in [0.29, 0.717) is 17.3 Å². The van der Waals surface area contributed by atoms with Crippen molar-refractivity contribution in [1.29, 1.82) is 0 Å². The fourth-order valence-electron chi connectivity index (χ4n) is 1.82. The van der Waals surface area contributed by atoms with E-state index in [4.69, 9.17) is 21.1 Å². The molecule has 0 amide bonds. The smallest absolute Gasteiger partial charge is 0.127 e. The van der Waals surface area contributed by atoms with Crippen LogP contribution < -0.4 is 14.8 Å². The van der Waals surface area contributed by atoms with Crippen LogP contribution >= 0.6 is 11.6 Å². The van der Waals surface area contributed by atoms with E-state index in [-0.39, 0.29) is 5.82 Å². The van der Waals surface area contributed by atoms with Crippen molar-refractivity contribution >= 4 is 17.3 Å². The van der Waals surface area contributed by atoms with Crippen molar-refractivity contribution in [3.8, 4) is 11.5 Å². The van der Waals surface area contributed by atoms with E-state index in [2.05, 4.69) is 5.32 Å². The molecule has 0 spiro atoms. The Balaban J connectivity index is 2.14. The molecule has 0 atom stereocenters. The van der Waals surface area contributed by atoms with E-state index < -0.39 is 0 Å². The molecule has 2 aromatic carbocycles. The maximum absolute atomic E-state index is 13.0. The molecule has 2 aromatic rings. The SMILES string of the molecule is COc1ccc(CNc2ccc(F)cc2Cl)c(OC)c1. The second-order valence-corrected chi connectivity index (χ2v) is 4.56. The van der Waals surface area contributed by atoms with E-state index in [0.717, 1.165) is 17.1 Å². The number of methoxy groups -OCH3 is 2. The third kappa shape index (κ3) is 3.33. The fraction of sp³-hybridized carbons (Fsp3) is 0.200. The van der Waals surface area contributed by atoms with Crippen LogP contribution in [0.3, 0.4) is 0 Å². The first-order valence-corrected chi connectivity index (χ1v) is 6.41. The normalized spacial score (nSPS) is 10.2. The summed E-state index contributed by atoms with van der Waals surface area (Å²) < 4.78 is 23.4. The van der Waals surface area contributed by atoms with Crippen LogP contribution in [0.4, 0.5) is 10.1 Å². The van der Waals surface area contributed by atoms with Gasteiger partial charge in [0.25, 0.3) is 0 Å². The van der Waals surface area contributed by atoms with Crippen LogP contribution in [0.15, 0.2) is 36.4 Å². The Kier molecular flexibility index (Phi) is 4.69. The van der Waals surface area contributed by atoms with Gasteiger partial charge < -0.3 is 14.8 Å². The molecule has 0 aliphatic heterocycles. The minimum absolute atomic E-state index is 0.345. The predicted octanol–water partition coefficient (Wildman–Crippen LogP) is 4.11. The summed E-state index contributed by atoms with van der Waals surface area (Å²) in [6, 6.07) is 9.81. The van der Waals surface area contributed by atoms with Crippen LogP contribution in [-0.4, -0.2) is 14.2 Å². The lowest BCUT2D eigenvalue weighted by Gasteiger charge is -2.13. The molecule has 0 saturated heterocycles. The van der Waals surface area contributed by atoms with Crippen LogP contribution in [0.5, 0.6) is 11.5 Å². The zero-order chi connectivity index (χ0) is 14.5. The molecular formula is C15H15ClFNO2. The molecule has 0 aromatic heterocycles. The average molecular weight is 296 g/mol. The van der Waals surface area contributed by atoms with Crippen molar-refractivity contribution in [2.24, 2.45) is 0 Å². The summed E-state index contributed by atoms with van der Waals surface area (Å²) in [5.74, 6) is 1.09. The number of anilines is 1. The highest BCUT2D eigenvalue weighted by Gasteiger charge is 2.06. The number of rotatable bonds is 5. The van der Waals surface area contributed by atoms with Crippen LogP contribution in [0.2, 0.25) is 5.02 Å². The Morgan fingerprint density at radius 2 is 1.90 bits per heavy atom. The van der Waals surface area contributed by atoms with Gasteiger partial charge in [0.2, 0.25) is 0 Å². The van der Waals surface area contributed by atoms with Gasteiger partial charge in [0.05, 0.1) is 24.9 Å². The molecule has 0 bridgehead atoms. The first kappa shape index (κ1) is 14.5. The lowest BCUT2D eigenvalue weighted by atomic mass is 10.2. The summed E-state index contributed by atoms with van der Waals surface area (Å²) >= 11 is 5.96. The summed E-state index contributed by atoms with van der Waals surface area (Å²) in [5.41, 5.74) is 1.62. The van der Waals surface area contributed by atoms with Crippen molar-refractivity contribution < 1.29 is 13.9 Å². The Morgan fingerprint density at radius 1 is 1.10 bits per heavy atom. The van der Waals surface area contributed by atoms with Crippen molar-refractivity contribution in [2.45, 2.75) is 6.54 Å². The number of benzene rings is 2. The maximum Gasteiger partial charge on any atom is 0.127 e. The number of ether oxygens (including phenoxy) is 2. The third-order valence-electron chi connectivity index (χ3n) is 2.89. The van der Waals surface area contributed by atoms with Gasteiger partial charge in [-0.05, 0) is 30.3 Å². The molecule has 0 aliphatic carbocycles. The second kappa shape index (κ2) is 6.48. The van der Waals surface area contributed by atoms with Gasteiger partial charge in [0, 0.05) is 18.2 Å². The van der Waals surface area contributed by atoms with Crippen molar-refractivity contribution in [3.63, 3.8) is 0 Å². The van der Waals surface area contributed by atoms with E-state index in [1.165, 1.54) is 12.1 Å². The summed E-state index contributed by atoms with van der Waals surface area (Å²) in [7, 11) is 3.20. The second-order valence-electron chi connectivity index (χ2n) is 4.16. The molecular weight excluding hydrogens is 281 g/mol. The predicted molar refractivity (Wildman–Crippen MR) is 78.3 cm³/mol. The highest BCUT2D eigenvalue weighted by atomic mass is 35.5. The van der Waals surface area contributed by atoms with Crippen LogP contribution in [-0.2, 0) is 6.54 Å². The largest absolute Gasteiger partial charge is 0.497 e. The maximum atomic E-state index is 13.0. The molecule has 20 heavy (non-hydrogen) atoms. The molecule has 0 saturated carbocycles. The Labute approximate surface area is 122 Å². The quantitative estimate of drug-likeness (QED) is 0.900. The minimum atomic E-state index is -0.359. The minimum Gasteiger partial charge on any atom is -0.497 e. The lowest BCUT2D eigenvalue weighted by Crippen LogP contribution is -2.02. The first-order chi connectivity index (χ1) is 9.63. The summed E-state index contributed by atoms with van der Waals surface area (Å²) in [6.45, 7) is 0.512. The fourth-order valence-corrected chi connectivity index (χ4v) is 2.06. The lowest BCUT2D eigenvalue weighted by molar-refractivity contribution is 0.391. The van der Waals surface area contributed by atoms with Crippen molar-refractivity contribution in [2.75, 3.05) is 19.5 Å². The van der Waals surface area contributed by atoms with Gasteiger partial charge in [0.15, 0.2) is 0 Å². The van der Waals surface area contributed by atoms with E-state index in [1.807, 2.05) is 18.2 Å². The Hall–Kier alpha value is -1.94. The van der Waals surface area contributed by atoms with Gasteiger partial charge in [-0.3, -0.25) is 0 Å². The van der Waals surface area contributed by atoms with Gasteiger partial charge in [-0.25, -0.2) is 4.39 Å². The van der Waals surface area contributed by atoms with Gasteiger partial charge in [-0.15, -0.1) is 0 Å². The van der Waals surface area contributed by atoms with Crippen LogP contribution in [0.25, 0.3) is 0 Å². The molecule has 0 radical (unpaired) electrons. The molecule has 0 heterocycles. The highest BCUT2D eigenvalue weighted by molar-refractivity contribution is 6.33. The van der Waals surface area contributed by atoms with Gasteiger partial charge in [-0.2, -0.15) is 0 Å². The topological polar surface area (TPSA) is 30.5 Å². The highest BCUT2D eigenvalue weighted by Crippen LogP contribution is 2.27. The average Bonchev–Trinajstić information content (AvgIpc) is 2.46. The summed E-state index contributed by atoms with van der Waals surface area (Å²) in [6.07, 6.45) is 0. The van der Waals surface area contributed by atoms with Crippen LogP contribution in [0, 0.1) is 5.82 Å². The third-order valence-corrected chi connectivity index (χ3v) is 3.21. The molecule has 106 valence electrons. The van der Waals surface area contributed by atoms with E-state index in [9.17, 15) is 4.39 Å². The van der Waals surface area contributed by atoms with E-state index in [1.54, 1.807) is 20.3 Å². The molecule has 0 aliphatic rings. The van der Waals surface area contributed by atoms with Crippen molar-refractivity contribution in [3.05, 3.63) is 52.8 Å². The number of halogens is 2. The number of hydrogen-bond acceptors (Lipinski definition) is 3. The number of hydrogen-bond donors (Lipinski definition) is 1. The molecule has 1 N–H and O–H groups in total. The number of nitrogens with one attached hydrogen (secondary N) is 1. The molecule has 0 fully saturated rings. The summed E-state index contributed by atoms with van der Waals surface area (Å²) in [5, 5.41) is 3.49. The molecule has 5 heteroatoms. The van der Waals surface area contributed by atoms with Gasteiger partial charge in [0.1, 0.15) is 17.3 Å². The van der Waals surface area contributed by atoms with Crippen LogP contribution in [0.1, 0.15) is 5.56 Å². The van der Waals surface area contributed by atoms with Gasteiger partial charge in [-0.1, -0.05) is 11.6 Å². The molecule has 0 unspecified atom stereocenters. The standard InChI is InChI=1S/C15H15ClFNO2/c1-19-12-5-3-10(15(8-12)20-2)9-18-14-6-4-11(17)7-13(14)16/h3-8,18H,9H2,1-2H3. The Morgan fingerprint density at radius 3 is 2.55 bits per heavy atom. The zero-order valence-corrected chi connectivity index (χ0v) is 12.0. The van der Waals surface area contributed by atoms with Gasteiger partial charge >= 0.3 is 0 Å². The van der Waals surface area contributed by atoms with E-state index >= 15 is 0 Å². The monoisotopic (exact) mass is 295 g/mol. The molecule has 2 rings (SSSR count). The summed E-state index contributed by atoms with van der Waals surface area (Å²) in [4.78, 5) is 0. The zero-order valence-electron chi connectivity index (χ0n) is 11.2. The van der Waals surface area contributed by atoms with Crippen molar-refractivity contribution in [1.82, 2.24) is 0 Å². The Bertz CT molecular complexity index is 604.